The van der Waals surface area contributed by atoms with E-state index in [9.17, 15) is 5.11 Å². The summed E-state index contributed by atoms with van der Waals surface area (Å²) in [6.45, 7) is 1.60. The molecule has 2 N–H and O–H groups in total. The maximum absolute atomic E-state index is 10.4. The second-order valence-electron chi connectivity index (χ2n) is 7.99. The number of hydrogen-bond donors (Lipinski definition) is 2. The summed E-state index contributed by atoms with van der Waals surface area (Å²) in [6, 6.07) is 10.8. The summed E-state index contributed by atoms with van der Waals surface area (Å²) in [5, 5.41) is 22.8. The van der Waals surface area contributed by atoms with Gasteiger partial charge in [-0.3, -0.25) is 0 Å². The van der Waals surface area contributed by atoms with Crippen LogP contribution in [0.2, 0.25) is 0 Å². The zero-order valence-corrected chi connectivity index (χ0v) is 15.5. The number of nitrogens with one attached hydrogen (secondary N) is 1. The van der Waals surface area contributed by atoms with Crippen molar-refractivity contribution >= 4 is 0 Å². The van der Waals surface area contributed by atoms with Crippen LogP contribution in [0, 0.1) is 5.92 Å². The summed E-state index contributed by atoms with van der Waals surface area (Å²) in [7, 11) is 0. The molecule has 26 heavy (non-hydrogen) atoms. The Morgan fingerprint density at radius 1 is 1.12 bits per heavy atom. The summed E-state index contributed by atoms with van der Waals surface area (Å²) in [6.07, 6.45) is 8.87. The van der Waals surface area contributed by atoms with E-state index in [1.54, 1.807) is 0 Å². The third kappa shape index (κ3) is 4.33. The van der Waals surface area contributed by atoms with E-state index in [4.69, 9.17) is 0 Å². The van der Waals surface area contributed by atoms with Gasteiger partial charge in [-0.25, -0.2) is 0 Å². The molecule has 2 unspecified atom stereocenters. The lowest BCUT2D eigenvalue weighted by Crippen LogP contribution is -2.41. The Morgan fingerprint density at radius 3 is 2.73 bits per heavy atom. The topological polar surface area (TPSA) is 63.0 Å². The molecule has 2 heterocycles. The molecule has 0 saturated heterocycles. The molecule has 2 atom stereocenters. The molecule has 1 aromatic heterocycles. The van der Waals surface area contributed by atoms with Gasteiger partial charge in [0.15, 0.2) is 0 Å². The summed E-state index contributed by atoms with van der Waals surface area (Å²) in [4.78, 5) is 0. The van der Waals surface area contributed by atoms with Crippen LogP contribution < -0.4 is 5.32 Å². The molecule has 5 heteroatoms. The first-order valence-electron chi connectivity index (χ1n) is 10.1. The van der Waals surface area contributed by atoms with E-state index in [-0.39, 0.29) is 6.10 Å². The van der Waals surface area contributed by atoms with E-state index >= 15 is 0 Å². The maximum atomic E-state index is 10.4. The van der Waals surface area contributed by atoms with Gasteiger partial charge in [0, 0.05) is 32.0 Å². The van der Waals surface area contributed by atoms with Crippen LogP contribution in [0.1, 0.15) is 55.7 Å². The largest absolute Gasteiger partial charge is 0.392 e. The van der Waals surface area contributed by atoms with E-state index in [2.05, 4.69) is 44.3 Å². The average molecular weight is 354 g/mol. The zero-order valence-electron chi connectivity index (χ0n) is 15.5. The minimum Gasteiger partial charge on any atom is -0.392 e. The molecular weight excluding hydrogens is 324 g/mol. The third-order valence-electron chi connectivity index (χ3n) is 5.95. The quantitative estimate of drug-likeness (QED) is 0.802. The summed E-state index contributed by atoms with van der Waals surface area (Å²) in [5.41, 5.74) is 1.27. The minimum absolute atomic E-state index is 0.218. The van der Waals surface area contributed by atoms with Crippen LogP contribution in [-0.2, 0) is 19.4 Å². The average Bonchev–Trinajstić information content (AvgIpc) is 3.31. The van der Waals surface area contributed by atoms with Crippen molar-refractivity contribution in [3.05, 3.63) is 47.5 Å². The lowest BCUT2D eigenvalue weighted by molar-refractivity contribution is 0.134. The van der Waals surface area contributed by atoms with Crippen LogP contribution in [0.3, 0.4) is 0 Å². The summed E-state index contributed by atoms with van der Waals surface area (Å²) < 4.78 is 2.28. The molecule has 1 fully saturated rings. The smallest absolute Gasteiger partial charge is 0.137 e. The van der Waals surface area contributed by atoms with Gasteiger partial charge in [0.1, 0.15) is 11.6 Å². The fourth-order valence-electron chi connectivity index (χ4n) is 4.48. The predicted octanol–water partition coefficient (Wildman–Crippen LogP) is 2.71. The molecule has 0 bridgehead atoms. The van der Waals surface area contributed by atoms with Crippen LogP contribution in [0.4, 0.5) is 0 Å². The Bertz CT molecular complexity index is 693. The highest BCUT2D eigenvalue weighted by Crippen LogP contribution is 2.28. The monoisotopic (exact) mass is 354 g/mol. The lowest BCUT2D eigenvalue weighted by atomic mass is 9.99. The van der Waals surface area contributed by atoms with E-state index in [1.165, 1.54) is 31.2 Å². The van der Waals surface area contributed by atoms with Crippen LogP contribution in [0.5, 0.6) is 0 Å². The Balaban J connectivity index is 1.31. The van der Waals surface area contributed by atoms with Crippen LogP contribution in [-0.4, -0.2) is 38.6 Å². The van der Waals surface area contributed by atoms with Crippen molar-refractivity contribution in [2.75, 3.05) is 6.54 Å². The zero-order chi connectivity index (χ0) is 17.8. The van der Waals surface area contributed by atoms with Gasteiger partial charge in [-0.05, 0) is 24.3 Å². The van der Waals surface area contributed by atoms with Gasteiger partial charge in [0.05, 0.1) is 6.10 Å². The molecule has 2 aliphatic rings. The fourth-order valence-corrected chi connectivity index (χ4v) is 4.48. The molecule has 5 nitrogen and oxygen atoms in total. The predicted molar refractivity (Wildman–Crippen MR) is 102 cm³/mol. The molecular formula is C21H30N4O. The first-order chi connectivity index (χ1) is 12.8. The normalized spacial score (nSPS) is 21.7. The Morgan fingerprint density at radius 2 is 1.92 bits per heavy atom. The lowest BCUT2D eigenvalue weighted by Gasteiger charge is -2.27. The highest BCUT2D eigenvalue weighted by atomic mass is 16.3. The summed E-state index contributed by atoms with van der Waals surface area (Å²) in [5.74, 6) is 2.88. The molecule has 1 aromatic carbocycles. The van der Waals surface area contributed by atoms with Gasteiger partial charge >= 0.3 is 0 Å². The first kappa shape index (κ1) is 17.7. The Hall–Kier alpha value is -1.72. The first-order valence-corrected chi connectivity index (χ1v) is 10.1. The second-order valence-corrected chi connectivity index (χ2v) is 7.99. The number of benzene rings is 1. The number of aromatic nitrogens is 3. The van der Waals surface area contributed by atoms with Crippen molar-refractivity contribution in [1.82, 2.24) is 20.1 Å². The van der Waals surface area contributed by atoms with Crippen molar-refractivity contribution in [2.45, 2.75) is 70.1 Å². The number of rotatable bonds is 7. The SMILES string of the molecule is OC(CNC1CCc2nnc(Cc3ccccc3)n2C1)CC1CCCC1. The van der Waals surface area contributed by atoms with E-state index < -0.39 is 0 Å². The molecule has 140 valence electrons. The molecule has 2 aromatic rings. The maximum Gasteiger partial charge on any atom is 0.137 e. The summed E-state index contributed by atoms with van der Waals surface area (Å²) >= 11 is 0. The van der Waals surface area contributed by atoms with Crippen molar-refractivity contribution in [1.29, 1.82) is 0 Å². The van der Waals surface area contributed by atoms with Gasteiger partial charge < -0.3 is 15.0 Å². The van der Waals surface area contributed by atoms with Gasteiger partial charge in [-0.2, -0.15) is 0 Å². The highest BCUT2D eigenvalue weighted by Gasteiger charge is 2.24. The van der Waals surface area contributed by atoms with E-state index in [0.29, 0.717) is 12.6 Å². The number of hydrogen-bond acceptors (Lipinski definition) is 4. The Kier molecular flexibility index (Phi) is 5.65. The number of aryl methyl sites for hydroxylation is 1. The number of aliphatic hydroxyl groups is 1. The van der Waals surface area contributed by atoms with E-state index in [0.717, 1.165) is 49.8 Å². The Labute approximate surface area is 155 Å². The van der Waals surface area contributed by atoms with Crippen molar-refractivity contribution in [2.24, 2.45) is 5.92 Å². The molecule has 4 rings (SSSR count). The van der Waals surface area contributed by atoms with Gasteiger partial charge in [-0.1, -0.05) is 56.0 Å². The second kappa shape index (κ2) is 8.31. The van der Waals surface area contributed by atoms with Crippen LogP contribution >= 0.6 is 0 Å². The number of nitrogens with zero attached hydrogens (tertiary/aromatic N) is 3. The van der Waals surface area contributed by atoms with Crippen molar-refractivity contribution in [3.8, 4) is 0 Å². The number of aliphatic hydroxyl groups excluding tert-OH is 1. The molecule has 0 radical (unpaired) electrons. The molecule has 1 saturated carbocycles. The molecule has 1 aliphatic carbocycles. The van der Waals surface area contributed by atoms with Crippen LogP contribution in [0.15, 0.2) is 30.3 Å². The molecule has 1 aliphatic heterocycles. The number of fused-ring (bicyclic) bond motifs is 1. The molecule has 0 amide bonds. The standard InChI is InChI=1S/C21H30N4O/c26-19(12-16-8-4-5-9-16)14-22-18-10-11-20-23-24-21(25(20)15-18)13-17-6-2-1-3-7-17/h1-3,6-7,16,18-19,22,26H,4-5,8-15H2. The van der Waals surface area contributed by atoms with Gasteiger partial charge in [0.25, 0.3) is 0 Å². The highest BCUT2D eigenvalue weighted by molar-refractivity contribution is 5.19. The fraction of sp³-hybridized carbons (Fsp3) is 0.619. The van der Waals surface area contributed by atoms with Crippen molar-refractivity contribution in [3.63, 3.8) is 0 Å². The van der Waals surface area contributed by atoms with Gasteiger partial charge in [0.2, 0.25) is 0 Å². The van der Waals surface area contributed by atoms with Gasteiger partial charge in [-0.15, -0.1) is 10.2 Å². The third-order valence-corrected chi connectivity index (χ3v) is 5.95. The van der Waals surface area contributed by atoms with Crippen LogP contribution in [0.25, 0.3) is 0 Å². The molecule has 0 spiro atoms. The van der Waals surface area contributed by atoms with Crippen molar-refractivity contribution < 1.29 is 5.11 Å². The van der Waals surface area contributed by atoms with E-state index in [1.807, 2.05) is 6.07 Å². The minimum atomic E-state index is -0.218.